The zero-order valence-electron chi connectivity index (χ0n) is 15.3. The van der Waals surface area contributed by atoms with Crippen LogP contribution in [0, 0.1) is 0 Å². The molecule has 2 atom stereocenters. The summed E-state index contributed by atoms with van der Waals surface area (Å²) in [4.78, 5) is 14.6. The number of benzene rings is 1. The summed E-state index contributed by atoms with van der Waals surface area (Å²) in [5, 5.41) is 12.3. The van der Waals surface area contributed by atoms with Gasteiger partial charge in [0, 0.05) is 23.8 Å². The highest BCUT2D eigenvalue weighted by atomic mass is 32.2. The van der Waals surface area contributed by atoms with E-state index in [1.54, 1.807) is 7.11 Å². The van der Waals surface area contributed by atoms with Crippen molar-refractivity contribution < 1.29 is 9.53 Å². The molecule has 2 unspecified atom stereocenters. The molecule has 1 N–H and O–H groups in total. The number of amides is 1. The quantitative estimate of drug-likeness (QED) is 0.744. The number of methoxy groups -OCH3 is 1. The number of anilines is 2. The highest BCUT2D eigenvalue weighted by Gasteiger charge is 2.28. The van der Waals surface area contributed by atoms with Crippen LogP contribution in [0.4, 0.5) is 10.8 Å². The van der Waals surface area contributed by atoms with Crippen molar-refractivity contribution >= 4 is 39.8 Å². The van der Waals surface area contributed by atoms with Crippen LogP contribution in [-0.4, -0.2) is 46.0 Å². The lowest BCUT2D eigenvalue weighted by molar-refractivity contribution is -0.134. The first kappa shape index (κ1) is 19.0. The number of aromatic nitrogens is 2. The molecular weight excluding hydrogens is 368 g/mol. The second kappa shape index (κ2) is 8.73. The van der Waals surface area contributed by atoms with Gasteiger partial charge in [-0.2, -0.15) is 0 Å². The van der Waals surface area contributed by atoms with E-state index in [-0.39, 0.29) is 5.91 Å². The van der Waals surface area contributed by atoms with E-state index in [0.29, 0.717) is 23.0 Å². The standard InChI is InChI=1S/C18H24N4O2S2/c1-12-6-4-7-13(2)22(12)16(23)11-25-18-21-20-17(26-18)19-14-8-5-9-15(10-14)24-3/h5,8-10,12-13H,4,6-7,11H2,1-3H3,(H,19,20). The number of piperidine rings is 1. The topological polar surface area (TPSA) is 67.3 Å². The van der Waals surface area contributed by atoms with E-state index in [2.05, 4.69) is 29.4 Å². The molecule has 2 heterocycles. The van der Waals surface area contributed by atoms with E-state index >= 15 is 0 Å². The van der Waals surface area contributed by atoms with Gasteiger partial charge in [-0.3, -0.25) is 4.79 Å². The van der Waals surface area contributed by atoms with Crippen molar-refractivity contribution in [1.29, 1.82) is 0 Å². The van der Waals surface area contributed by atoms with Crippen molar-refractivity contribution in [2.24, 2.45) is 0 Å². The van der Waals surface area contributed by atoms with Crippen LogP contribution in [-0.2, 0) is 4.79 Å². The molecule has 2 aromatic rings. The Kier molecular flexibility index (Phi) is 6.37. The largest absolute Gasteiger partial charge is 0.497 e. The zero-order chi connectivity index (χ0) is 18.5. The number of nitrogens with one attached hydrogen (secondary N) is 1. The fraction of sp³-hybridized carbons (Fsp3) is 0.500. The molecule has 1 amide bonds. The van der Waals surface area contributed by atoms with Gasteiger partial charge in [0.05, 0.1) is 12.9 Å². The fourth-order valence-corrected chi connectivity index (χ4v) is 4.90. The summed E-state index contributed by atoms with van der Waals surface area (Å²) in [7, 11) is 1.64. The second-order valence-corrected chi connectivity index (χ2v) is 8.65. The van der Waals surface area contributed by atoms with Crippen LogP contribution in [0.2, 0.25) is 0 Å². The van der Waals surface area contributed by atoms with Crippen LogP contribution in [0.3, 0.4) is 0 Å². The fourth-order valence-electron chi connectivity index (χ4n) is 3.25. The third-order valence-corrected chi connectivity index (χ3v) is 6.48. The number of rotatable bonds is 6. The Morgan fingerprint density at radius 1 is 1.35 bits per heavy atom. The van der Waals surface area contributed by atoms with Crippen LogP contribution >= 0.6 is 23.1 Å². The lowest BCUT2D eigenvalue weighted by Crippen LogP contribution is -2.48. The monoisotopic (exact) mass is 392 g/mol. The number of nitrogens with zero attached hydrogens (tertiary/aromatic N) is 3. The highest BCUT2D eigenvalue weighted by molar-refractivity contribution is 8.01. The van der Waals surface area contributed by atoms with Crippen LogP contribution in [0.5, 0.6) is 5.75 Å². The van der Waals surface area contributed by atoms with Gasteiger partial charge in [-0.25, -0.2) is 0 Å². The molecule has 1 fully saturated rings. The molecule has 0 aliphatic carbocycles. The first-order valence-corrected chi connectivity index (χ1v) is 10.6. The predicted molar refractivity (Wildman–Crippen MR) is 107 cm³/mol. The van der Waals surface area contributed by atoms with Crippen LogP contribution < -0.4 is 10.1 Å². The molecule has 0 radical (unpaired) electrons. The number of carbonyl (C=O) groups is 1. The summed E-state index contributed by atoms with van der Waals surface area (Å²) >= 11 is 2.90. The van der Waals surface area contributed by atoms with Crippen molar-refractivity contribution in [3.8, 4) is 5.75 Å². The lowest BCUT2D eigenvalue weighted by Gasteiger charge is -2.39. The molecule has 0 bridgehead atoms. The third kappa shape index (κ3) is 4.67. The Morgan fingerprint density at radius 3 is 2.85 bits per heavy atom. The van der Waals surface area contributed by atoms with Gasteiger partial charge in [0.15, 0.2) is 4.34 Å². The predicted octanol–water partition coefficient (Wildman–Crippen LogP) is 4.17. The maximum absolute atomic E-state index is 12.6. The molecule has 140 valence electrons. The van der Waals surface area contributed by atoms with Gasteiger partial charge in [0.2, 0.25) is 11.0 Å². The van der Waals surface area contributed by atoms with Gasteiger partial charge in [-0.1, -0.05) is 29.2 Å². The van der Waals surface area contributed by atoms with Crippen LogP contribution in [0.25, 0.3) is 0 Å². The molecule has 1 aliphatic rings. The Balaban J connectivity index is 1.55. The molecule has 8 heteroatoms. The summed E-state index contributed by atoms with van der Waals surface area (Å²) in [6, 6.07) is 8.30. The van der Waals surface area contributed by atoms with Gasteiger partial charge in [0.1, 0.15) is 5.75 Å². The molecule has 1 saturated heterocycles. The number of carbonyl (C=O) groups excluding carboxylic acids is 1. The van der Waals surface area contributed by atoms with E-state index in [1.807, 2.05) is 29.2 Å². The number of hydrogen-bond acceptors (Lipinski definition) is 7. The SMILES string of the molecule is COc1cccc(Nc2nnc(SCC(=O)N3C(C)CCCC3C)s2)c1. The summed E-state index contributed by atoms with van der Waals surface area (Å²) in [6.45, 7) is 4.28. The average Bonchev–Trinajstić information content (AvgIpc) is 3.07. The van der Waals surface area contributed by atoms with Crippen molar-refractivity contribution in [3.63, 3.8) is 0 Å². The van der Waals surface area contributed by atoms with Crippen molar-refractivity contribution in [2.75, 3.05) is 18.2 Å². The molecule has 1 aliphatic heterocycles. The zero-order valence-corrected chi connectivity index (χ0v) is 16.9. The van der Waals surface area contributed by atoms with E-state index in [0.717, 1.165) is 28.6 Å². The molecule has 0 saturated carbocycles. The Bertz CT molecular complexity index is 742. The van der Waals surface area contributed by atoms with Crippen molar-refractivity contribution in [2.45, 2.75) is 49.5 Å². The van der Waals surface area contributed by atoms with Crippen molar-refractivity contribution in [3.05, 3.63) is 24.3 Å². The number of likely N-dealkylation sites (tertiary alicyclic amines) is 1. The molecular formula is C18H24N4O2S2. The minimum atomic E-state index is 0.187. The van der Waals surface area contributed by atoms with E-state index in [9.17, 15) is 4.79 Å². The van der Waals surface area contributed by atoms with Crippen molar-refractivity contribution in [1.82, 2.24) is 15.1 Å². The maximum Gasteiger partial charge on any atom is 0.233 e. The molecule has 1 aromatic carbocycles. The first-order valence-electron chi connectivity index (χ1n) is 8.75. The molecule has 3 rings (SSSR count). The van der Waals surface area contributed by atoms with E-state index in [1.165, 1.54) is 29.5 Å². The molecule has 6 nitrogen and oxygen atoms in total. The van der Waals surface area contributed by atoms with Crippen LogP contribution in [0.15, 0.2) is 28.6 Å². The molecule has 1 aromatic heterocycles. The third-order valence-electron chi connectivity index (χ3n) is 4.53. The number of ether oxygens (including phenoxy) is 1. The van der Waals surface area contributed by atoms with Crippen LogP contribution in [0.1, 0.15) is 33.1 Å². The minimum Gasteiger partial charge on any atom is -0.497 e. The second-order valence-electron chi connectivity index (χ2n) is 6.45. The summed E-state index contributed by atoms with van der Waals surface area (Å²) in [5.74, 6) is 1.37. The average molecular weight is 393 g/mol. The van der Waals surface area contributed by atoms with Gasteiger partial charge in [0.25, 0.3) is 0 Å². The Morgan fingerprint density at radius 2 is 2.12 bits per heavy atom. The van der Waals surface area contributed by atoms with Gasteiger partial charge in [-0.15, -0.1) is 10.2 Å². The Hall–Kier alpha value is -1.80. The van der Waals surface area contributed by atoms with Gasteiger partial charge >= 0.3 is 0 Å². The smallest absolute Gasteiger partial charge is 0.233 e. The Labute approximate surface area is 162 Å². The summed E-state index contributed by atoms with van der Waals surface area (Å²) in [6.07, 6.45) is 3.39. The molecule has 0 spiro atoms. The summed E-state index contributed by atoms with van der Waals surface area (Å²) < 4.78 is 6.01. The maximum atomic E-state index is 12.6. The number of thioether (sulfide) groups is 1. The lowest BCUT2D eigenvalue weighted by atomic mass is 9.98. The first-order chi connectivity index (χ1) is 12.6. The number of hydrogen-bond donors (Lipinski definition) is 1. The molecule has 26 heavy (non-hydrogen) atoms. The van der Waals surface area contributed by atoms with E-state index < -0.39 is 0 Å². The van der Waals surface area contributed by atoms with E-state index in [4.69, 9.17) is 4.74 Å². The minimum absolute atomic E-state index is 0.187. The highest BCUT2D eigenvalue weighted by Crippen LogP contribution is 2.30. The van der Waals surface area contributed by atoms with Gasteiger partial charge < -0.3 is 15.0 Å². The normalized spacial score (nSPS) is 20.0. The van der Waals surface area contributed by atoms with Gasteiger partial charge in [-0.05, 0) is 45.2 Å². The summed E-state index contributed by atoms with van der Waals surface area (Å²) in [5.41, 5.74) is 0.893.